The van der Waals surface area contributed by atoms with Crippen LogP contribution in [0.1, 0.15) is 10.4 Å². The lowest BCUT2D eigenvalue weighted by atomic mass is 10.0. The minimum absolute atomic E-state index is 0.137. The van der Waals surface area contributed by atoms with Crippen LogP contribution in [0.15, 0.2) is 47.4 Å². The Morgan fingerprint density at radius 1 is 1.10 bits per heavy atom. The number of aldehydes is 1. The predicted molar refractivity (Wildman–Crippen MR) is 77.0 cm³/mol. The topological polar surface area (TPSA) is 94.3 Å². The second kappa shape index (κ2) is 5.45. The molecule has 0 spiro atoms. The van der Waals surface area contributed by atoms with Crippen molar-refractivity contribution in [2.45, 2.75) is 4.90 Å². The molecule has 0 fully saturated rings. The molecule has 0 atom stereocenters. The molecule has 0 unspecified atom stereocenters. The first-order valence-electron chi connectivity index (χ1n) is 5.87. The molecule has 0 amide bonds. The Morgan fingerprint density at radius 2 is 1.71 bits per heavy atom. The summed E-state index contributed by atoms with van der Waals surface area (Å²) < 4.78 is 22.8. The van der Waals surface area contributed by atoms with E-state index in [-0.39, 0.29) is 16.1 Å². The lowest BCUT2D eigenvalue weighted by molar-refractivity contribution is -0.384. The average molecular weight is 305 g/mol. The Morgan fingerprint density at radius 3 is 2.19 bits per heavy atom. The second-order valence-electron chi connectivity index (χ2n) is 4.45. The quantitative estimate of drug-likeness (QED) is 0.491. The molecule has 0 aromatic heterocycles. The van der Waals surface area contributed by atoms with Gasteiger partial charge in [0.1, 0.15) is 6.29 Å². The van der Waals surface area contributed by atoms with Crippen molar-refractivity contribution < 1.29 is 18.1 Å². The normalized spacial score (nSPS) is 11.1. The summed E-state index contributed by atoms with van der Waals surface area (Å²) in [6.07, 6.45) is 1.62. The van der Waals surface area contributed by atoms with Crippen LogP contribution >= 0.6 is 0 Å². The minimum atomic E-state index is -3.32. The highest BCUT2D eigenvalue weighted by Crippen LogP contribution is 2.31. The van der Waals surface area contributed by atoms with Gasteiger partial charge in [-0.3, -0.25) is 14.9 Å². The van der Waals surface area contributed by atoms with Crippen molar-refractivity contribution in [1.29, 1.82) is 0 Å². The zero-order valence-corrected chi connectivity index (χ0v) is 11.8. The van der Waals surface area contributed by atoms with Gasteiger partial charge in [0.25, 0.3) is 5.69 Å². The van der Waals surface area contributed by atoms with Crippen molar-refractivity contribution in [3.63, 3.8) is 0 Å². The summed E-state index contributed by atoms with van der Waals surface area (Å²) in [4.78, 5) is 21.3. The van der Waals surface area contributed by atoms with Gasteiger partial charge in [0.15, 0.2) is 9.84 Å². The van der Waals surface area contributed by atoms with Crippen LogP contribution in [0, 0.1) is 10.1 Å². The third-order valence-electron chi connectivity index (χ3n) is 2.95. The molecule has 7 heteroatoms. The van der Waals surface area contributed by atoms with Gasteiger partial charge in [-0.1, -0.05) is 18.2 Å². The monoisotopic (exact) mass is 305 g/mol. The molecule has 0 aliphatic carbocycles. The first-order chi connectivity index (χ1) is 9.82. The highest BCUT2D eigenvalue weighted by Gasteiger charge is 2.16. The van der Waals surface area contributed by atoms with Gasteiger partial charge in [0, 0.05) is 17.9 Å². The third kappa shape index (κ3) is 3.14. The molecule has 0 saturated carbocycles. The van der Waals surface area contributed by atoms with Crippen molar-refractivity contribution >= 4 is 21.8 Å². The van der Waals surface area contributed by atoms with Crippen LogP contribution in [-0.4, -0.2) is 25.9 Å². The molecule has 0 saturated heterocycles. The number of rotatable bonds is 4. The molecule has 0 heterocycles. The van der Waals surface area contributed by atoms with E-state index in [0.29, 0.717) is 17.4 Å². The number of carbonyl (C=O) groups excluding carboxylic acids is 1. The van der Waals surface area contributed by atoms with Crippen molar-refractivity contribution in [3.8, 4) is 11.1 Å². The summed E-state index contributed by atoms with van der Waals surface area (Å²) in [5, 5.41) is 11.1. The van der Waals surface area contributed by atoms with E-state index in [0.717, 1.165) is 6.26 Å². The summed E-state index contributed by atoms with van der Waals surface area (Å²) in [5.41, 5.74) is 0.835. The van der Waals surface area contributed by atoms with Gasteiger partial charge in [-0.15, -0.1) is 0 Å². The van der Waals surface area contributed by atoms with Gasteiger partial charge in [0.2, 0.25) is 0 Å². The van der Waals surface area contributed by atoms with Gasteiger partial charge in [-0.2, -0.15) is 0 Å². The maximum atomic E-state index is 11.4. The van der Waals surface area contributed by atoms with E-state index >= 15 is 0 Å². The molecule has 2 rings (SSSR count). The third-order valence-corrected chi connectivity index (χ3v) is 4.08. The number of nitrogens with zero attached hydrogens (tertiary/aromatic N) is 1. The fourth-order valence-electron chi connectivity index (χ4n) is 1.90. The van der Waals surface area contributed by atoms with Crippen LogP contribution in [0.4, 0.5) is 5.69 Å². The van der Waals surface area contributed by atoms with E-state index in [1.54, 1.807) is 0 Å². The zero-order chi connectivity index (χ0) is 15.6. The molecule has 108 valence electrons. The zero-order valence-electron chi connectivity index (χ0n) is 11.0. The minimum Gasteiger partial charge on any atom is -0.298 e. The molecule has 2 aromatic carbocycles. The second-order valence-corrected chi connectivity index (χ2v) is 6.46. The average Bonchev–Trinajstić information content (AvgIpc) is 2.45. The number of nitro benzene ring substituents is 1. The number of hydrogen-bond donors (Lipinski definition) is 0. The van der Waals surface area contributed by atoms with Crippen LogP contribution in [0.25, 0.3) is 11.1 Å². The van der Waals surface area contributed by atoms with Gasteiger partial charge < -0.3 is 0 Å². The smallest absolute Gasteiger partial charge is 0.277 e. The lowest BCUT2D eigenvalue weighted by Gasteiger charge is -2.05. The van der Waals surface area contributed by atoms with Crippen LogP contribution in [0.3, 0.4) is 0 Å². The van der Waals surface area contributed by atoms with Crippen molar-refractivity contribution in [2.24, 2.45) is 0 Å². The molecule has 6 nitrogen and oxygen atoms in total. The largest absolute Gasteiger partial charge is 0.298 e. The molecule has 0 N–H and O–H groups in total. The van der Waals surface area contributed by atoms with Crippen LogP contribution in [-0.2, 0) is 9.84 Å². The Kier molecular flexibility index (Phi) is 3.86. The van der Waals surface area contributed by atoms with E-state index in [1.807, 2.05) is 0 Å². The van der Waals surface area contributed by atoms with Crippen molar-refractivity contribution in [3.05, 3.63) is 58.1 Å². The summed E-state index contributed by atoms with van der Waals surface area (Å²) in [6.45, 7) is 0. The fourth-order valence-corrected chi connectivity index (χ4v) is 2.53. The molecular weight excluding hydrogens is 294 g/mol. The summed E-state index contributed by atoms with van der Waals surface area (Å²) >= 11 is 0. The Hall–Kier alpha value is -2.54. The molecule has 0 aliphatic rings. The Balaban J connectivity index is 2.56. The summed E-state index contributed by atoms with van der Waals surface area (Å²) in [7, 11) is -3.32. The molecule has 0 aliphatic heterocycles. The predicted octanol–water partition coefficient (Wildman–Crippen LogP) is 2.48. The number of hydrogen-bond acceptors (Lipinski definition) is 5. The highest BCUT2D eigenvalue weighted by atomic mass is 32.2. The van der Waals surface area contributed by atoms with E-state index in [4.69, 9.17) is 0 Å². The first-order valence-corrected chi connectivity index (χ1v) is 7.76. The van der Waals surface area contributed by atoms with E-state index in [9.17, 15) is 23.3 Å². The van der Waals surface area contributed by atoms with Crippen molar-refractivity contribution in [1.82, 2.24) is 0 Å². The number of sulfone groups is 1. The molecule has 21 heavy (non-hydrogen) atoms. The number of nitro groups is 1. The van der Waals surface area contributed by atoms with Gasteiger partial charge in [-0.25, -0.2) is 8.42 Å². The number of carbonyl (C=O) groups is 1. The number of benzene rings is 2. The highest BCUT2D eigenvalue weighted by molar-refractivity contribution is 7.90. The summed E-state index contributed by atoms with van der Waals surface area (Å²) in [5.74, 6) is 0. The van der Waals surface area contributed by atoms with E-state index in [2.05, 4.69) is 0 Å². The van der Waals surface area contributed by atoms with Gasteiger partial charge in [0.05, 0.1) is 15.4 Å². The lowest BCUT2D eigenvalue weighted by Crippen LogP contribution is -1.97. The maximum Gasteiger partial charge on any atom is 0.277 e. The Bertz CT molecular complexity index is 810. The standard InChI is InChI=1S/C14H11NO5S/c1-21(19,20)12-5-3-11(4-6-12)13-7-2-10(9-16)8-14(13)15(17)18/h2-9H,1H3. The molecular formula is C14H11NO5S. The van der Waals surface area contributed by atoms with E-state index in [1.165, 1.54) is 42.5 Å². The van der Waals surface area contributed by atoms with E-state index < -0.39 is 14.8 Å². The fraction of sp³-hybridized carbons (Fsp3) is 0.0714. The Labute approximate surface area is 121 Å². The van der Waals surface area contributed by atoms with Crippen LogP contribution in [0.2, 0.25) is 0 Å². The molecule has 0 bridgehead atoms. The van der Waals surface area contributed by atoms with Crippen LogP contribution in [0.5, 0.6) is 0 Å². The SMILES string of the molecule is CS(=O)(=O)c1ccc(-c2ccc(C=O)cc2[N+](=O)[O-])cc1. The van der Waals surface area contributed by atoms with Crippen LogP contribution < -0.4 is 0 Å². The molecule has 0 radical (unpaired) electrons. The molecule has 2 aromatic rings. The van der Waals surface area contributed by atoms with Gasteiger partial charge in [-0.05, 0) is 23.8 Å². The summed E-state index contributed by atoms with van der Waals surface area (Å²) in [6, 6.07) is 9.91. The van der Waals surface area contributed by atoms with Gasteiger partial charge >= 0.3 is 0 Å². The first kappa shape index (κ1) is 14.9. The van der Waals surface area contributed by atoms with Crippen molar-refractivity contribution in [2.75, 3.05) is 6.26 Å². The maximum absolute atomic E-state index is 11.4.